The van der Waals surface area contributed by atoms with E-state index in [4.69, 9.17) is 0 Å². The molecule has 2 aromatic heterocycles. The number of hydrogen-bond donors (Lipinski definition) is 2. The Morgan fingerprint density at radius 2 is 1.68 bits per heavy atom. The second kappa shape index (κ2) is 9.73. The molecule has 2 amide bonds. The first kappa shape index (κ1) is 22.3. The highest BCUT2D eigenvalue weighted by molar-refractivity contribution is 5.92. The second-order valence-electron chi connectivity index (χ2n) is 7.22. The first-order valence-corrected chi connectivity index (χ1v) is 10.3. The topological polar surface area (TPSA) is 150 Å². The summed E-state index contributed by atoms with van der Waals surface area (Å²) in [5.74, 6) is -0.706. The van der Waals surface area contributed by atoms with Gasteiger partial charge in [-0.05, 0) is 22.0 Å². The number of hydrazine groups is 1. The van der Waals surface area contributed by atoms with Crippen molar-refractivity contribution < 1.29 is 14.5 Å². The molecule has 0 bridgehead atoms. The van der Waals surface area contributed by atoms with Crippen molar-refractivity contribution >= 4 is 17.6 Å². The lowest BCUT2D eigenvalue weighted by Crippen LogP contribution is -2.42. The van der Waals surface area contributed by atoms with Crippen molar-refractivity contribution in [3.8, 4) is 17.1 Å². The number of nitrogens with one attached hydrogen (secondary N) is 2. The van der Waals surface area contributed by atoms with Gasteiger partial charge in [-0.1, -0.05) is 48.5 Å². The van der Waals surface area contributed by atoms with E-state index in [9.17, 15) is 19.7 Å². The number of aromatic nitrogens is 5. The molecule has 0 spiro atoms. The molecule has 0 saturated carbocycles. The van der Waals surface area contributed by atoms with Gasteiger partial charge in [0.25, 0.3) is 0 Å². The number of carbonyl (C=O) groups is 2. The van der Waals surface area contributed by atoms with Crippen molar-refractivity contribution in [2.24, 2.45) is 0 Å². The van der Waals surface area contributed by atoms with Gasteiger partial charge in [-0.25, -0.2) is 9.67 Å². The summed E-state index contributed by atoms with van der Waals surface area (Å²) in [4.78, 5) is 43.2. The van der Waals surface area contributed by atoms with E-state index in [0.29, 0.717) is 11.6 Å². The number of nitrogens with zero attached hydrogens (tertiary/aromatic N) is 6. The minimum absolute atomic E-state index is 0.0320. The Bertz CT molecular complexity index is 1270. The van der Waals surface area contributed by atoms with E-state index in [1.54, 1.807) is 11.6 Å². The van der Waals surface area contributed by atoms with Crippen molar-refractivity contribution in [1.82, 2.24) is 35.2 Å². The van der Waals surface area contributed by atoms with E-state index >= 15 is 0 Å². The van der Waals surface area contributed by atoms with Crippen LogP contribution in [0.5, 0.6) is 0 Å². The van der Waals surface area contributed by atoms with Crippen molar-refractivity contribution in [2.75, 3.05) is 0 Å². The molecule has 4 aromatic rings. The molecule has 12 heteroatoms. The molecule has 4 rings (SSSR count). The van der Waals surface area contributed by atoms with Gasteiger partial charge in [-0.15, -0.1) is 5.10 Å². The molecule has 2 N–H and O–H groups in total. The van der Waals surface area contributed by atoms with Crippen LogP contribution >= 0.6 is 0 Å². The molecule has 0 aliphatic heterocycles. The summed E-state index contributed by atoms with van der Waals surface area (Å²) in [5, 5.41) is 15.1. The predicted octanol–water partition coefficient (Wildman–Crippen LogP) is 2.20. The second-order valence-corrected chi connectivity index (χ2v) is 7.22. The molecule has 0 aliphatic rings. The highest BCUT2D eigenvalue weighted by Gasteiger charge is 2.20. The smallest absolute Gasteiger partial charge is 0.358 e. The van der Waals surface area contributed by atoms with E-state index in [-0.39, 0.29) is 24.6 Å². The van der Waals surface area contributed by atoms with Crippen LogP contribution in [-0.2, 0) is 11.3 Å². The molecule has 0 saturated heterocycles. The highest BCUT2D eigenvalue weighted by Crippen LogP contribution is 2.21. The number of aryl methyl sites for hydroxylation is 2. The first-order valence-electron chi connectivity index (χ1n) is 10.3. The predicted molar refractivity (Wildman–Crippen MR) is 121 cm³/mol. The molecule has 0 atom stereocenters. The quantitative estimate of drug-likeness (QED) is 0.317. The van der Waals surface area contributed by atoms with E-state index in [2.05, 4.69) is 25.9 Å². The van der Waals surface area contributed by atoms with Crippen molar-refractivity contribution in [2.45, 2.75) is 19.9 Å². The van der Waals surface area contributed by atoms with Crippen molar-refractivity contribution in [3.63, 3.8) is 0 Å². The number of imidazole rings is 1. The van der Waals surface area contributed by atoms with Gasteiger partial charge in [0.1, 0.15) is 6.20 Å². The highest BCUT2D eigenvalue weighted by atomic mass is 16.6. The molecule has 0 fully saturated rings. The van der Waals surface area contributed by atoms with Gasteiger partial charge in [0.2, 0.25) is 17.6 Å². The van der Waals surface area contributed by atoms with Gasteiger partial charge in [-0.3, -0.25) is 20.4 Å². The first-order chi connectivity index (χ1) is 16.4. The van der Waals surface area contributed by atoms with Crippen LogP contribution in [0.25, 0.3) is 17.1 Å². The zero-order chi connectivity index (χ0) is 24.1. The van der Waals surface area contributed by atoms with E-state index < -0.39 is 16.7 Å². The van der Waals surface area contributed by atoms with Crippen LogP contribution in [0.4, 0.5) is 5.82 Å². The summed E-state index contributed by atoms with van der Waals surface area (Å²) in [6.07, 6.45) is 1.22. The standard InChI is InChI=1S/C22H20N8O4/c1-15-23-18(30(33)34)14-28(15)13-12-19(31)25-26-22(32)20-24-21(16-8-4-2-5-9-16)29(27-20)17-10-6-3-7-11-17/h2-11,14H,12-13H2,1H3,(H,25,31)(H,26,32). The number of nitro groups is 1. The normalized spacial score (nSPS) is 10.6. The third-order valence-corrected chi connectivity index (χ3v) is 4.89. The molecule has 2 aromatic carbocycles. The molecule has 34 heavy (non-hydrogen) atoms. The third-order valence-electron chi connectivity index (χ3n) is 4.89. The molecule has 0 aliphatic carbocycles. The largest absolute Gasteiger partial charge is 0.381 e. The van der Waals surface area contributed by atoms with Crippen molar-refractivity contribution in [1.29, 1.82) is 0 Å². The Labute approximate surface area is 193 Å². The van der Waals surface area contributed by atoms with Gasteiger partial charge in [-0.2, -0.15) is 0 Å². The maximum absolute atomic E-state index is 12.6. The number of para-hydroxylation sites is 1. The Hall–Kier alpha value is -4.87. The molecule has 0 unspecified atom stereocenters. The summed E-state index contributed by atoms with van der Waals surface area (Å²) in [6, 6.07) is 18.6. The Morgan fingerprint density at radius 3 is 2.32 bits per heavy atom. The van der Waals surface area contributed by atoms with Gasteiger partial charge in [0, 0.05) is 25.5 Å². The summed E-state index contributed by atoms with van der Waals surface area (Å²) >= 11 is 0. The van der Waals surface area contributed by atoms with Crippen LogP contribution in [0.2, 0.25) is 0 Å². The lowest BCUT2D eigenvalue weighted by atomic mass is 10.2. The van der Waals surface area contributed by atoms with Crippen LogP contribution in [0.1, 0.15) is 22.9 Å². The molecule has 12 nitrogen and oxygen atoms in total. The van der Waals surface area contributed by atoms with Gasteiger partial charge in [0.15, 0.2) is 5.82 Å². The van der Waals surface area contributed by atoms with Crippen LogP contribution in [0.15, 0.2) is 66.9 Å². The lowest BCUT2D eigenvalue weighted by molar-refractivity contribution is -0.389. The Kier molecular flexibility index (Phi) is 6.39. The van der Waals surface area contributed by atoms with Crippen LogP contribution in [0, 0.1) is 17.0 Å². The van der Waals surface area contributed by atoms with Crippen molar-refractivity contribution in [3.05, 3.63) is 88.6 Å². The van der Waals surface area contributed by atoms with Gasteiger partial charge in [0.05, 0.1) is 5.69 Å². The number of rotatable bonds is 7. The minimum Gasteiger partial charge on any atom is -0.358 e. The average Bonchev–Trinajstić information content (AvgIpc) is 3.46. The fourth-order valence-corrected chi connectivity index (χ4v) is 3.20. The zero-order valence-corrected chi connectivity index (χ0v) is 18.1. The maximum atomic E-state index is 12.6. The molecular weight excluding hydrogens is 440 g/mol. The zero-order valence-electron chi connectivity index (χ0n) is 18.1. The summed E-state index contributed by atoms with van der Waals surface area (Å²) in [7, 11) is 0. The van der Waals surface area contributed by atoms with Gasteiger partial charge < -0.3 is 14.7 Å². The average molecular weight is 460 g/mol. The molecule has 0 radical (unpaired) electrons. The third kappa shape index (κ3) is 4.96. The fraction of sp³-hybridized carbons (Fsp3) is 0.136. The van der Waals surface area contributed by atoms with E-state index in [1.807, 2.05) is 60.7 Å². The molecule has 172 valence electrons. The minimum atomic E-state index is -0.685. The molecular formula is C22H20N8O4. The number of benzene rings is 2. The Balaban J connectivity index is 1.43. The van der Waals surface area contributed by atoms with Crippen LogP contribution in [0.3, 0.4) is 0 Å². The maximum Gasteiger partial charge on any atom is 0.381 e. The van der Waals surface area contributed by atoms with E-state index in [1.165, 1.54) is 10.8 Å². The number of amides is 2. The molecule has 2 heterocycles. The fourth-order valence-electron chi connectivity index (χ4n) is 3.20. The monoisotopic (exact) mass is 460 g/mol. The number of carbonyl (C=O) groups excluding carboxylic acids is 2. The summed E-state index contributed by atoms with van der Waals surface area (Å²) in [5.41, 5.74) is 6.11. The van der Waals surface area contributed by atoms with Crippen LogP contribution in [-0.4, -0.2) is 41.1 Å². The Morgan fingerprint density at radius 1 is 1.00 bits per heavy atom. The summed E-state index contributed by atoms with van der Waals surface area (Å²) in [6.45, 7) is 1.76. The number of hydrogen-bond acceptors (Lipinski definition) is 7. The SMILES string of the molecule is Cc1nc([N+](=O)[O-])cn1CCC(=O)NNC(=O)c1nc(-c2ccccc2)n(-c2ccccc2)n1. The van der Waals surface area contributed by atoms with Gasteiger partial charge >= 0.3 is 11.7 Å². The lowest BCUT2D eigenvalue weighted by Gasteiger charge is -2.06. The van der Waals surface area contributed by atoms with Crippen LogP contribution < -0.4 is 10.9 Å². The van der Waals surface area contributed by atoms with E-state index in [0.717, 1.165) is 11.3 Å². The summed E-state index contributed by atoms with van der Waals surface area (Å²) < 4.78 is 3.05.